The lowest BCUT2D eigenvalue weighted by molar-refractivity contribution is -0.137. The number of allylic oxidation sites excluding steroid dienone is 1. The zero-order chi connectivity index (χ0) is 42.8. The first-order valence-corrected chi connectivity index (χ1v) is 18.3. The number of hydrogen-bond donors (Lipinski definition) is 2. The van der Waals surface area contributed by atoms with E-state index in [9.17, 15) is 35.8 Å². The van der Waals surface area contributed by atoms with Crippen LogP contribution in [0, 0.1) is 11.6 Å². The van der Waals surface area contributed by atoms with Gasteiger partial charge in [-0.05, 0) is 104 Å². The minimum absolute atomic E-state index is 0.155. The van der Waals surface area contributed by atoms with E-state index in [1.165, 1.54) is 24.3 Å². The van der Waals surface area contributed by atoms with Crippen LogP contribution in [0.4, 0.5) is 30.7 Å². The van der Waals surface area contributed by atoms with Crippen LogP contribution >= 0.6 is 0 Å². The van der Waals surface area contributed by atoms with Crippen molar-refractivity contribution in [3.05, 3.63) is 94.8 Å². The molecule has 2 saturated heterocycles. The first kappa shape index (κ1) is 49.2. The van der Waals surface area contributed by atoms with Crippen molar-refractivity contribution in [3.63, 3.8) is 0 Å². The van der Waals surface area contributed by atoms with Crippen LogP contribution in [0.25, 0.3) is 12.2 Å². The van der Waals surface area contributed by atoms with E-state index in [-0.39, 0.29) is 13.2 Å². The van der Waals surface area contributed by atoms with Crippen molar-refractivity contribution in [2.45, 2.75) is 122 Å². The van der Waals surface area contributed by atoms with Crippen molar-refractivity contribution < 1.29 is 64.1 Å². The summed E-state index contributed by atoms with van der Waals surface area (Å²) in [6.45, 7) is 19.7. The standard InChI is InChI=1S/C15H18BF3O2.C14H17BF2O2.C10H19BF2O3/c1-13(2)14(3,4)21-16(20-13)10-9-11-5-7-12(8-6-11)15(17,18)19;1-13(2)14(3,4)19-15(18-13)6-5-10-7-11(16)9-12(17)8-10;1-9(10(2,12)13)11(15)16-8-6-4-3-5-7-14/h5-10H,1-4H3;5-9H,1-4H3;14-15H,1,3-8H2,2H3/b10-9+;6-5+;. The molecule has 310 valence electrons. The highest BCUT2D eigenvalue weighted by molar-refractivity contribution is 6.53. The molecule has 0 bridgehead atoms. The fourth-order valence-electron chi connectivity index (χ4n) is 4.85. The molecule has 2 aliphatic rings. The smallest absolute Gasteiger partial charge is 0.423 e. The fourth-order valence-corrected chi connectivity index (χ4v) is 4.85. The van der Waals surface area contributed by atoms with Crippen LogP contribution in [0.5, 0.6) is 0 Å². The van der Waals surface area contributed by atoms with Gasteiger partial charge in [0.2, 0.25) is 0 Å². The molecule has 2 aromatic carbocycles. The molecular formula is C39H54B3F7O7. The quantitative estimate of drug-likeness (QED) is 0.119. The number of aliphatic hydroxyl groups is 1. The summed E-state index contributed by atoms with van der Waals surface area (Å²) in [6.07, 6.45) is 2.07. The Balaban J connectivity index is 0.000000293. The molecule has 0 aliphatic carbocycles. The Morgan fingerprint density at radius 2 is 1.12 bits per heavy atom. The molecule has 7 nitrogen and oxygen atoms in total. The predicted octanol–water partition coefficient (Wildman–Crippen LogP) is 9.75. The normalized spacial score (nSPS) is 18.5. The molecule has 0 saturated carbocycles. The molecule has 2 aliphatic heterocycles. The van der Waals surface area contributed by atoms with Crippen molar-refractivity contribution in [2.75, 3.05) is 13.2 Å². The van der Waals surface area contributed by atoms with Gasteiger partial charge in [-0.15, -0.1) is 0 Å². The number of hydrogen-bond acceptors (Lipinski definition) is 7. The molecule has 2 heterocycles. The van der Waals surface area contributed by atoms with E-state index in [4.69, 9.17) is 28.4 Å². The minimum Gasteiger partial charge on any atom is -0.423 e. The Labute approximate surface area is 327 Å². The summed E-state index contributed by atoms with van der Waals surface area (Å²) >= 11 is 0. The molecule has 0 spiro atoms. The number of benzene rings is 2. The molecule has 56 heavy (non-hydrogen) atoms. The lowest BCUT2D eigenvalue weighted by Gasteiger charge is -2.32. The zero-order valence-electron chi connectivity index (χ0n) is 33.6. The van der Waals surface area contributed by atoms with Crippen LogP contribution in [0.15, 0.2) is 66.5 Å². The molecule has 2 aromatic rings. The van der Waals surface area contributed by atoms with E-state index < -0.39 is 78.5 Å². The number of halogens is 7. The van der Waals surface area contributed by atoms with Crippen molar-refractivity contribution in [3.8, 4) is 0 Å². The highest BCUT2D eigenvalue weighted by Gasteiger charge is 2.51. The molecule has 2 fully saturated rings. The van der Waals surface area contributed by atoms with E-state index in [1.807, 2.05) is 55.4 Å². The largest absolute Gasteiger partial charge is 0.492 e. The number of unbranched alkanes of at least 4 members (excludes halogenated alkanes) is 3. The monoisotopic (exact) mass is 800 g/mol. The van der Waals surface area contributed by atoms with Gasteiger partial charge in [0, 0.05) is 31.7 Å². The Hall–Kier alpha value is -2.92. The van der Waals surface area contributed by atoms with Gasteiger partial charge in [-0.3, -0.25) is 0 Å². The lowest BCUT2D eigenvalue weighted by Crippen LogP contribution is -2.41. The van der Waals surface area contributed by atoms with Crippen LogP contribution in [0.3, 0.4) is 0 Å². The van der Waals surface area contributed by atoms with Gasteiger partial charge in [-0.25, -0.2) is 17.6 Å². The zero-order valence-corrected chi connectivity index (χ0v) is 33.6. The van der Waals surface area contributed by atoms with Crippen LogP contribution in [-0.2, 0) is 29.4 Å². The average molecular weight is 800 g/mol. The molecule has 0 aromatic heterocycles. The van der Waals surface area contributed by atoms with E-state index in [0.29, 0.717) is 24.5 Å². The van der Waals surface area contributed by atoms with Crippen LogP contribution < -0.4 is 0 Å². The van der Waals surface area contributed by atoms with Crippen molar-refractivity contribution in [2.24, 2.45) is 0 Å². The third-order valence-electron chi connectivity index (χ3n) is 9.75. The van der Waals surface area contributed by atoms with Gasteiger partial charge in [0.1, 0.15) is 11.6 Å². The van der Waals surface area contributed by atoms with Crippen LogP contribution in [0.1, 0.15) is 105 Å². The molecule has 0 radical (unpaired) electrons. The van der Waals surface area contributed by atoms with Crippen LogP contribution in [0.2, 0.25) is 0 Å². The Morgan fingerprint density at radius 3 is 1.52 bits per heavy atom. The maximum Gasteiger partial charge on any atom is 0.492 e. The third kappa shape index (κ3) is 15.4. The van der Waals surface area contributed by atoms with Gasteiger partial charge in [0.05, 0.1) is 28.0 Å². The number of rotatable bonds is 13. The summed E-state index contributed by atoms with van der Waals surface area (Å²) < 4.78 is 117. The van der Waals surface area contributed by atoms with Crippen molar-refractivity contribution in [1.29, 1.82) is 0 Å². The van der Waals surface area contributed by atoms with Crippen molar-refractivity contribution >= 4 is 33.5 Å². The number of aliphatic hydroxyl groups excluding tert-OH is 1. The first-order chi connectivity index (χ1) is 25.6. The second-order valence-corrected chi connectivity index (χ2v) is 15.6. The predicted molar refractivity (Wildman–Crippen MR) is 207 cm³/mol. The maximum atomic E-state index is 13.0. The van der Waals surface area contributed by atoms with Gasteiger partial charge in [0.25, 0.3) is 5.92 Å². The molecule has 17 heteroatoms. The van der Waals surface area contributed by atoms with Crippen LogP contribution in [-0.4, -0.2) is 73.0 Å². The minimum atomic E-state index is -4.31. The summed E-state index contributed by atoms with van der Waals surface area (Å²) in [5, 5.41) is 17.7. The van der Waals surface area contributed by atoms with Crippen molar-refractivity contribution in [1.82, 2.24) is 0 Å². The highest BCUT2D eigenvalue weighted by Crippen LogP contribution is 2.38. The molecule has 0 atom stereocenters. The Kier molecular flexibility index (Phi) is 17.7. The van der Waals surface area contributed by atoms with Gasteiger partial charge >= 0.3 is 27.5 Å². The summed E-state index contributed by atoms with van der Waals surface area (Å²) in [6, 6.07) is 8.31. The van der Waals surface area contributed by atoms with Gasteiger partial charge in [-0.1, -0.05) is 55.7 Å². The van der Waals surface area contributed by atoms with E-state index in [1.54, 1.807) is 24.1 Å². The molecule has 0 amide bonds. The average Bonchev–Trinajstić information content (AvgIpc) is 3.41. The summed E-state index contributed by atoms with van der Waals surface area (Å²) in [4.78, 5) is 0. The second-order valence-electron chi connectivity index (χ2n) is 15.6. The molecule has 4 rings (SSSR count). The second kappa shape index (κ2) is 20.2. The fraction of sp³-hybridized carbons (Fsp3) is 0.538. The van der Waals surface area contributed by atoms with Gasteiger partial charge < -0.3 is 33.4 Å². The summed E-state index contributed by atoms with van der Waals surface area (Å²) in [5.74, 6) is -0.970. The molecular weight excluding hydrogens is 746 g/mol. The summed E-state index contributed by atoms with van der Waals surface area (Å²) in [5.41, 5.74) is -1.88. The Morgan fingerprint density at radius 1 is 0.714 bits per heavy atom. The molecule has 2 N–H and O–H groups in total. The first-order valence-electron chi connectivity index (χ1n) is 18.3. The SMILES string of the molecule is C=C(B(O)OCCCCCCO)C(C)(F)F.CC1(C)OB(/C=C/c2cc(F)cc(F)c2)OC1(C)C.CC1(C)OB(/C=C/c2ccc(C(F)(F)F)cc2)OC1(C)C. The highest BCUT2D eigenvalue weighted by atomic mass is 19.4. The molecule has 0 unspecified atom stereocenters. The summed E-state index contributed by atoms with van der Waals surface area (Å²) in [7, 11) is -2.63. The van der Waals surface area contributed by atoms with E-state index in [2.05, 4.69) is 6.58 Å². The maximum absolute atomic E-state index is 13.0. The topological polar surface area (TPSA) is 86.6 Å². The van der Waals surface area contributed by atoms with Gasteiger partial charge in [-0.2, -0.15) is 13.2 Å². The van der Waals surface area contributed by atoms with Gasteiger partial charge in [0.15, 0.2) is 0 Å². The number of alkyl halides is 5. The van der Waals surface area contributed by atoms with E-state index in [0.717, 1.165) is 37.5 Å². The lowest BCUT2D eigenvalue weighted by atomic mass is 9.76. The Bertz CT molecular complexity index is 1560. The third-order valence-corrected chi connectivity index (χ3v) is 9.75. The van der Waals surface area contributed by atoms with E-state index >= 15 is 0 Å².